The number of aromatic amines is 1. The Balaban J connectivity index is 2.29. The van der Waals surface area contributed by atoms with Gasteiger partial charge in [0.15, 0.2) is 5.78 Å². The Morgan fingerprint density at radius 1 is 1.32 bits per heavy atom. The maximum atomic E-state index is 13.0. The van der Waals surface area contributed by atoms with Gasteiger partial charge in [0.1, 0.15) is 0 Å². The number of primary amides is 1. The molecule has 1 fully saturated rings. The molecule has 1 saturated heterocycles. The van der Waals surface area contributed by atoms with E-state index in [9.17, 15) is 14.4 Å². The van der Waals surface area contributed by atoms with Gasteiger partial charge in [-0.25, -0.2) is 4.79 Å². The number of piperidine rings is 1. The summed E-state index contributed by atoms with van der Waals surface area (Å²) >= 11 is 0. The van der Waals surface area contributed by atoms with Crippen molar-refractivity contribution in [1.29, 1.82) is 0 Å². The first-order valence-electron chi connectivity index (χ1n) is 8.75. The van der Waals surface area contributed by atoms with Crippen LogP contribution in [-0.2, 0) is 9.53 Å². The van der Waals surface area contributed by atoms with Crippen molar-refractivity contribution in [2.24, 2.45) is 5.73 Å². The van der Waals surface area contributed by atoms with Crippen molar-refractivity contribution < 1.29 is 19.1 Å². The minimum absolute atomic E-state index is 0.149. The fourth-order valence-electron chi connectivity index (χ4n) is 3.59. The summed E-state index contributed by atoms with van der Waals surface area (Å²) in [6.07, 6.45) is 2.53. The summed E-state index contributed by atoms with van der Waals surface area (Å²) in [6, 6.07) is -0.918. The second-order valence-electron chi connectivity index (χ2n) is 6.54. The van der Waals surface area contributed by atoms with Crippen molar-refractivity contribution in [2.75, 3.05) is 13.2 Å². The largest absolute Gasteiger partial charge is 0.462 e. The minimum atomic E-state index is -0.496. The first-order valence-corrected chi connectivity index (χ1v) is 8.75. The average molecular weight is 349 g/mol. The summed E-state index contributed by atoms with van der Waals surface area (Å²) < 4.78 is 5.07. The highest BCUT2D eigenvalue weighted by molar-refractivity contribution is 6.04. The van der Waals surface area contributed by atoms with Gasteiger partial charge >= 0.3 is 5.97 Å². The molecule has 1 aliphatic heterocycles. The van der Waals surface area contributed by atoms with E-state index in [4.69, 9.17) is 10.5 Å². The molecule has 3 N–H and O–H groups in total. The summed E-state index contributed by atoms with van der Waals surface area (Å²) in [6.45, 7) is 7.93. The van der Waals surface area contributed by atoms with Gasteiger partial charge in [-0.15, -0.1) is 0 Å². The Morgan fingerprint density at radius 2 is 2.00 bits per heavy atom. The number of nitrogens with zero attached hydrogens (tertiary/aromatic N) is 1. The van der Waals surface area contributed by atoms with Gasteiger partial charge in [0, 0.05) is 5.69 Å². The van der Waals surface area contributed by atoms with Crippen LogP contribution in [0.25, 0.3) is 0 Å². The molecule has 0 spiro atoms. The number of hydrogen-bond donors (Lipinski definition) is 2. The number of aromatic nitrogens is 1. The normalized spacial score (nSPS) is 19.4. The van der Waals surface area contributed by atoms with Gasteiger partial charge in [-0.2, -0.15) is 0 Å². The molecule has 1 amide bonds. The number of nitrogens with two attached hydrogens (primary N) is 1. The summed E-state index contributed by atoms with van der Waals surface area (Å²) in [5.74, 6) is -0.983. The Kier molecular flexibility index (Phi) is 6.00. The molecule has 1 aromatic heterocycles. The molecule has 7 heteroatoms. The van der Waals surface area contributed by atoms with E-state index < -0.39 is 24.0 Å². The van der Waals surface area contributed by atoms with Crippen molar-refractivity contribution in [3.63, 3.8) is 0 Å². The van der Waals surface area contributed by atoms with Crippen LogP contribution in [0.3, 0.4) is 0 Å². The Labute approximate surface area is 147 Å². The van der Waals surface area contributed by atoms with Crippen molar-refractivity contribution in [3.8, 4) is 0 Å². The molecule has 0 unspecified atom stereocenters. The molecule has 0 radical (unpaired) electrons. The maximum absolute atomic E-state index is 13.0. The fourth-order valence-corrected chi connectivity index (χ4v) is 3.59. The van der Waals surface area contributed by atoms with Crippen LogP contribution >= 0.6 is 0 Å². The average Bonchev–Trinajstić information content (AvgIpc) is 2.88. The third-order valence-electron chi connectivity index (χ3n) is 4.91. The minimum Gasteiger partial charge on any atom is -0.462 e. The molecule has 0 bridgehead atoms. The van der Waals surface area contributed by atoms with E-state index in [2.05, 4.69) is 4.98 Å². The molecule has 7 nitrogen and oxygen atoms in total. The third kappa shape index (κ3) is 3.76. The van der Waals surface area contributed by atoms with E-state index in [0.29, 0.717) is 35.5 Å². The molecule has 0 aliphatic carbocycles. The lowest BCUT2D eigenvalue weighted by molar-refractivity contribution is -0.124. The number of likely N-dealkylation sites (tertiary alicyclic amines) is 1. The van der Waals surface area contributed by atoms with Crippen molar-refractivity contribution >= 4 is 17.7 Å². The van der Waals surface area contributed by atoms with E-state index in [-0.39, 0.29) is 12.4 Å². The highest BCUT2D eigenvalue weighted by atomic mass is 16.5. The van der Waals surface area contributed by atoms with Crippen LogP contribution < -0.4 is 5.73 Å². The molecule has 0 aromatic carbocycles. The van der Waals surface area contributed by atoms with Gasteiger partial charge in [0.25, 0.3) is 0 Å². The summed E-state index contributed by atoms with van der Waals surface area (Å²) in [4.78, 5) is 41.7. The molecular formula is C18H27N3O4. The zero-order valence-electron chi connectivity index (χ0n) is 15.3. The van der Waals surface area contributed by atoms with Gasteiger partial charge in [-0.05, 0) is 52.6 Å². The maximum Gasteiger partial charge on any atom is 0.340 e. The topological polar surface area (TPSA) is 105 Å². The monoisotopic (exact) mass is 349 g/mol. The highest BCUT2D eigenvalue weighted by Gasteiger charge is 2.35. The first kappa shape index (κ1) is 19.2. The van der Waals surface area contributed by atoms with Gasteiger partial charge in [-0.1, -0.05) is 6.42 Å². The second-order valence-corrected chi connectivity index (χ2v) is 6.54. The molecule has 2 rings (SSSR count). The number of ether oxygens (including phenoxy) is 1. The predicted molar refractivity (Wildman–Crippen MR) is 93.6 cm³/mol. The van der Waals surface area contributed by atoms with Gasteiger partial charge in [0.05, 0.1) is 29.9 Å². The SMILES string of the molecule is CCOC(=O)c1c(C)[nH]c(C(=O)[C@@H](C)N2CCCC[C@H]2C(N)=O)c1C. The third-order valence-corrected chi connectivity index (χ3v) is 4.91. The van der Waals surface area contributed by atoms with E-state index in [0.717, 1.165) is 12.8 Å². The van der Waals surface area contributed by atoms with E-state index in [1.807, 2.05) is 4.90 Å². The lowest BCUT2D eigenvalue weighted by Gasteiger charge is -2.37. The number of rotatable bonds is 6. The predicted octanol–water partition coefficient (Wildman–Crippen LogP) is 1.72. The fraction of sp³-hybridized carbons (Fsp3) is 0.611. The lowest BCUT2D eigenvalue weighted by Crippen LogP contribution is -2.53. The number of Topliss-reactive ketones (excluding diaryl/α,β-unsaturated/α-hetero) is 1. The molecule has 138 valence electrons. The number of nitrogens with one attached hydrogen (secondary N) is 1. The number of amides is 1. The summed E-state index contributed by atoms with van der Waals surface area (Å²) in [7, 11) is 0. The molecule has 1 aromatic rings. The van der Waals surface area contributed by atoms with Crippen molar-refractivity contribution in [2.45, 2.75) is 59.0 Å². The number of esters is 1. The van der Waals surface area contributed by atoms with E-state index in [1.54, 1.807) is 27.7 Å². The molecule has 2 heterocycles. The van der Waals surface area contributed by atoms with Gasteiger partial charge in [0.2, 0.25) is 5.91 Å². The Bertz CT molecular complexity index is 680. The molecule has 2 atom stereocenters. The smallest absolute Gasteiger partial charge is 0.340 e. The summed E-state index contributed by atoms with van der Waals surface area (Å²) in [5.41, 5.74) is 7.49. The van der Waals surface area contributed by atoms with Crippen LogP contribution in [0.2, 0.25) is 0 Å². The number of H-pyrrole nitrogens is 1. The van der Waals surface area contributed by atoms with Crippen molar-refractivity contribution in [1.82, 2.24) is 9.88 Å². The molecule has 25 heavy (non-hydrogen) atoms. The zero-order chi connectivity index (χ0) is 18.7. The lowest BCUT2D eigenvalue weighted by atomic mass is 9.96. The Morgan fingerprint density at radius 3 is 2.60 bits per heavy atom. The van der Waals surface area contributed by atoms with Gasteiger partial charge < -0.3 is 15.5 Å². The summed E-state index contributed by atoms with van der Waals surface area (Å²) in [5, 5.41) is 0. The zero-order valence-corrected chi connectivity index (χ0v) is 15.3. The molecule has 1 aliphatic rings. The van der Waals surface area contributed by atoms with Crippen molar-refractivity contribution in [3.05, 3.63) is 22.5 Å². The standard InChI is InChI=1S/C18H27N3O4/c1-5-25-18(24)14-10(2)15(20-11(14)3)16(22)12(4)21-9-7-6-8-13(21)17(19)23/h12-13,20H,5-9H2,1-4H3,(H2,19,23)/t12-,13+/m1/s1. The number of carbonyl (C=O) groups excluding carboxylic acids is 3. The van der Waals surface area contributed by atoms with Crippen LogP contribution in [0.1, 0.15) is 65.2 Å². The van der Waals surface area contributed by atoms with Crippen LogP contribution in [0.5, 0.6) is 0 Å². The van der Waals surface area contributed by atoms with E-state index in [1.165, 1.54) is 0 Å². The highest BCUT2D eigenvalue weighted by Crippen LogP contribution is 2.25. The van der Waals surface area contributed by atoms with Gasteiger partial charge in [-0.3, -0.25) is 14.5 Å². The Hall–Kier alpha value is -2.15. The molecular weight excluding hydrogens is 322 g/mol. The molecule has 0 saturated carbocycles. The van der Waals surface area contributed by atoms with Crippen LogP contribution in [-0.4, -0.2) is 52.8 Å². The van der Waals surface area contributed by atoms with E-state index >= 15 is 0 Å². The number of carbonyl (C=O) groups is 3. The quantitative estimate of drug-likeness (QED) is 0.601. The van der Waals surface area contributed by atoms with Crippen LogP contribution in [0, 0.1) is 13.8 Å². The number of aryl methyl sites for hydroxylation is 1. The van der Waals surface area contributed by atoms with Crippen LogP contribution in [0.4, 0.5) is 0 Å². The first-order chi connectivity index (χ1) is 11.8. The van der Waals surface area contributed by atoms with Crippen LogP contribution in [0.15, 0.2) is 0 Å². The number of ketones is 1. The second kappa shape index (κ2) is 7.82. The number of hydrogen-bond acceptors (Lipinski definition) is 5.